The Morgan fingerprint density at radius 2 is 0.500 bits per heavy atom. The van der Waals surface area contributed by atoms with Crippen molar-refractivity contribution >= 4 is 0 Å². The van der Waals surface area contributed by atoms with Crippen molar-refractivity contribution in [1.29, 1.82) is 0 Å². The second-order valence-corrected chi connectivity index (χ2v) is 6.34. The lowest BCUT2D eigenvalue weighted by Gasteiger charge is -2.64. The van der Waals surface area contributed by atoms with Crippen molar-refractivity contribution in [2.75, 3.05) is 0 Å². The van der Waals surface area contributed by atoms with Gasteiger partial charge in [0, 0.05) is 0 Å². The maximum Gasteiger partial charge on any atom is 0.382 e. The molecule has 0 heterocycles. The molecule has 166 valence electrons. The van der Waals surface area contributed by atoms with Crippen LogP contribution in [0.1, 0.15) is 6.92 Å². The van der Waals surface area contributed by atoms with Crippen molar-refractivity contribution in [3.8, 4) is 0 Å². The Hall–Kier alpha value is -1.19. The molecule has 28 heavy (non-hydrogen) atoms. The van der Waals surface area contributed by atoms with Gasteiger partial charge in [0.2, 0.25) is 5.67 Å². The van der Waals surface area contributed by atoms with Crippen LogP contribution in [-0.2, 0) is 0 Å². The third-order valence-electron chi connectivity index (χ3n) is 4.98. The van der Waals surface area contributed by atoms with Crippen LogP contribution >= 0.6 is 0 Å². The average molecular weight is 458 g/mol. The highest BCUT2D eigenvalue weighted by Gasteiger charge is 3.13. The molecule has 2 saturated carbocycles. The summed E-state index contributed by atoms with van der Waals surface area (Å²) in [6.45, 7) is -1.63. The summed E-state index contributed by atoms with van der Waals surface area (Å²) < 4.78 is 231. The molecule has 0 amide bonds. The number of halogens is 17. The summed E-state index contributed by atoms with van der Waals surface area (Å²) in [6, 6.07) is 0. The van der Waals surface area contributed by atoms with Gasteiger partial charge in [-0.05, 0) is 6.92 Å². The highest BCUT2D eigenvalue weighted by molar-refractivity contribution is 5.43. The van der Waals surface area contributed by atoms with Crippen LogP contribution in [0.3, 0.4) is 0 Å². The molecule has 0 aliphatic heterocycles. The first-order valence-electron chi connectivity index (χ1n) is 6.46. The Morgan fingerprint density at radius 1 is 0.286 bits per heavy atom. The van der Waals surface area contributed by atoms with Crippen LogP contribution in [-0.4, -0.2) is 58.5 Å². The zero-order valence-corrected chi connectivity index (χ0v) is 12.4. The SMILES string of the molecule is C[C@@]1(F)C(F)(F)C(F)(F)C(F)(F)[C@@]2(F)C(F)(F)C(F)(F)C(F)(F)C(F)(F)[C@@]21F. The van der Waals surface area contributed by atoms with E-state index in [1.54, 1.807) is 0 Å². The Kier molecular flexibility index (Phi) is 3.79. The van der Waals surface area contributed by atoms with E-state index in [1.807, 2.05) is 0 Å². The molecule has 2 fully saturated rings. The summed E-state index contributed by atoms with van der Waals surface area (Å²) in [5.74, 6) is -56.0. The third kappa shape index (κ3) is 1.47. The lowest BCUT2D eigenvalue weighted by Crippen LogP contribution is -2.98. The smallest absolute Gasteiger partial charge is 0.233 e. The van der Waals surface area contributed by atoms with Crippen LogP contribution in [0, 0.1) is 0 Å². The second kappa shape index (κ2) is 4.59. The summed E-state index contributed by atoms with van der Waals surface area (Å²) in [5, 5.41) is 0. The first-order valence-corrected chi connectivity index (χ1v) is 6.46. The quantitative estimate of drug-likeness (QED) is 0.415. The van der Waals surface area contributed by atoms with Crippen molar-refractivity contribution in [1.82, 2.24) is 0 Å². The predicted octanol–water partition coefficient (Wildman–Crippen LogP) is 5.61. The monoisotopic (exact) mass is 458 g/mol. The van der Waals surface area contributed by atoms with Gasteiger partial charge in [0.25, 0.3) is 11.3 Å². The molecular formula is C11H3F17. The molecule has 0 aromatic heterocycles. The second-order valence-electron chi connectivity index (χ2n) is 6.34. The van der Waals surface area contributed by atoms with Crippen LogP contribution in [0.15, 0.2) is 0 Å². The minimum atomic E-state index is -8.27. The first-order chi connectivity index (χ1) is 11.8. The highest BCUT2D eigenvalue weighted by Crippen LogP contribution is 2.80. The lowest BCUT2D eigenvalue weighted by atomic mass is 9.51. The van der Waals surface area contributed by atoms with E-state index in [9.17, 15) is 74.6 Å². The van der Waals surface area contributed by atoms with Crippen LogP contribution in [0.4, 0.5) is 74.6 Å². The zero-order valence-electron chi connectivity index (χ0n) is 12.4. The standard InChI is InChI=1S/C11H3F17/c1-2(12)3(13)4(14,7(19,20)9(23,24)5(2,15)16)8(21,22)11(27,28)10(25,26)6(3,17)18/h1H3/t2-,3-,4+/m0/s1. The number of fused-ring (bicyclic) bond motifs is 1. The number of alkyl halides is 17. The minimum Gasteiger partial charge on any atom is -0.233 e. The summed E-state index contributed by atoms with van der Waals surface area (Å²) in [5.41, 5.74) is -23.2. The summed E-state index contributed by atoms with van der Waals surface area (Å²) in [6.07, 6.45) is 0. The van der Waals surface area contributed by atoms with Crippen molar-refractivity contribution in [3.63, 3.8) is 0 Å². The summed E-state index contributed by atoms with van der Waals surface area (Å²) >= 11 is 0. The summed E-state index contributed by atoms with van der Waals surface area (Å²) in [4.78, 5) is 0. The van der Waals surface area contributed by atoms with Gasteiger partial charge in [-0.2, -0.15) is 61.5 Å². The number of hydrogen-bond acceptors (Lipinski definition) is 0. The molecule has 0 saturated heterocycles. The molecule has 0 spiro atoms. The van der Waals surface area contributed by atoms with Crippen LogP contribution in [0.25, 0.3) is 0 Å². The molecule has 0 radical (unpaired) electrons. The van der Waals surface area contributed by atoms with Gasteiger partial charge >= 0.3 is 41.5 Å². The van der Waals surface area contributed by atoms with E-state index in [2.05, 4.69) is 0 Å². The molecule has 0 N–H and O–H groups in total. The van der Waals surface area contributed by atoms with Gasteiger partial charge in [-0.15, -0.1) is 0 Å². The molecular weight excluding hydrogens is 455 g/mol. The van der Waals surface area contributed by atoms with E-state index in [0.717, 1.165) is 0 Å². The fourth-order valence-corrected chi connectivity index (χ4v) is 3.22. The molecule has 0 bridgehead atoms. The predicted molar refractivity (Wildman–Crippen MR) is 51.8 cm³/mol. The Bertz CT molecular complexity index is 588. The molecule has 0 unspecified atom stereocenters. The highest BCUT2D eigenvalue weighted by atomic mass is 19.4. The molecule has 3 atom stereocenters. The molecule has 0 aromatic rings. The normalized spacial score (nSPS) is 46.5. The molecule has 0 aromatic carbocycles. The average Bonchev–Trinajstić information content (AvgIpc) is 2.49. The fourth-order valence-electron chi connectivity index (χ4n) is 3.22. The molecule has 17 heteroatoms. The van der Waals surface area contributed by atoms with Gasteiger partial charge in [0.1, 0.15) is 0 Å². The van der Waals surface area contributed by atoms with Crippen molar-refractivity contribution in [2.45, 2.75) is 65.4 Å². The number of rotatable bonds is 0. The Balaban J connectivity index is 3.23. The lowest BCUT2D eigenvalue weighted by molar-refractivity contribution is -0.545. The summed E-state index contributed by atoms with van der Waals surface area (Å²) in [7, 11) is 0. The van der Waals surface area contributed by atoms with Crippen LogP contribution in [0.2, 0.25) is 0 Å². The van der Waals surface area contributed by atoms with Gasteiger partial charge in [-0.25, -0.2) is 13.2 Å². The maximum atomic E-state index is 14.5. The van der Waals surface area contributed by atoms with Gasteiger partial charge in [0.05, 0.1) is 0 Å². The van der Waals surface area contributed by atoms with E-state index in [1.165, 1.54) is 0 Å². The largest absolute Gasteiger partial charge is 0.382 e. The van der Waals surface area contributed by atoms with Crippen molar-refractivity contribution in [2.24, 2.45) is 0 Å². The van der Waals surface area contributed by atoms with Gasteiger partial charge in [-0.3, -0.25) is 0 Å². The van der Waals surface area contributed by atoms with Gasteiger partial charge in [0.15, 0.2) is 0 Å². The van der Waals surface area contributed by atoms with E-state index in [-0.39, 0.29) is 0 Å². The van der Waals surface area contributed by atoms with Gasteiger partial charge < -0.3 is 0 Å². The van der Waals surface area contributed by atoms with E-state index in [0.29, 0.717) is 0 Å². The molecule has 2 rings (SSSR count). The van der Waals surface area contributed by atoms with Crippen LogP contribution < -0.4 is 0 Å². The first kappa shape index (κ1) is 23.1. The Morgan fingerprint density at radius 3 is 0.786 bits per heavy atom. The van der Waals surface area contributed by atoms with Crippen LogP contribution in [0.5, 0.6) is 0 Å². The topological polar surface area (TPSA) is 0 Å². The van der Waals surface area contributed by atoms with Gasteiger partial charge in [-0.1, -0.05) is 0 Å². The van der Waals surface area contributed by atoms with E-state index >= 15 is 0 Å². The maximum absolute atomic E-state index is 14.5. The molecule has 2 aliphatic rings. The van der Waals surface area contributed by atoms with Crippen molar-refractivity contribution < 1.29 is 74.6 Å². The third-order valence-corrected chi connectivity index (χ3v) is 4.98. The molecule has 2 aliphatic carbocycles. The number of hydrogen-bond donors (Lipinski definition) is 0. The Labute approximate surface area is 141 Å². The minimum absolute atomic E-state index is 1.63. The zero-order chi connectivity index (χ0) is 23.0. The fraction of sp³-hybridized carbons (Fsp3) is 1.00. The van der Waals surface area contributed by atoms with Crippen molar-refractivity contribution in [3.05, 3.63) is 0 Å². The molecule has 0 nitrogen and oxygen atoms in total. The van der Waals surface area contributed by atoms with E-state index < -0.39 is 65.4 Å². The van der Waals surface area contributed by atoms with E-state index in [4.69, 9.17) is 0 Å².